The Bertz CT molecular complexity index is 487. The summed E-state index contributed by atoms with van der Waals surface area (Å²) in [4.78, 5) is 0. The Hall–Kier alpha value is -0.750. The lowest BCUT2D eigenvalue weighted by Gasteiger charge is -2.50. The average molecular weight is 338 g/mol. The molecule has 2 atom stereocenters. The SMILES string of the molecule is CC1(C)C(O)CC1Nc1cc(C(F)(F)F)ccc1Br. The van der Waals surface area contributed by atoms with E-state index < -0.39 is 17.8 Å². The van der Waals surface area contributed by atoms with Gasteiger partial charge in [-0.15, -0.1) is 0 Å². The molecule has 1 aliphatic carbocycles. The number of rotatable bonds is 2. The van der Waals surface area contributed by atoms with E-state index in [0.29, 0.717) is 16.6 Å². The fourth-order valence-electron chi connectivity index (χ4n) is 2.15. The van der Waals surface area contributed by atoms with Crippen LogP contribution in [0.2, 0.25) is 0 Å². The maximum absolute atomic E-state index is 12.7. The van der Waals surface area contributed by atoms with Gasteiger partial charge < -0.3 is 10.4 Å². The van der Waals surface area contributed by atoms with E-state index in [2.05, 4.69) is 21.2 Å². The van der Waals surface area contributed by atoms with Gasteiger partial charge in [0.25, 0.3) is 0 Å². The van der Waals surface area contributed by atoms with Crippen molar-refractivity contribution in [1.29, 1.82) is 0 Å². The largest absolute Gasteiger partial charge is 0.416 e. The summed E-state index contributed by atoms with van der Waals surface area (Å²) in [6, 6.07) is 3.47. The lowest BCUT2D eigenvalue weighted by atomic mass is 9.64. The van der Waals surface area contributed by atoms with Gasteiger partial charge in [0.1, 0.15) is 0 Å². The smallest absolute Gasteiger partial charge is 0.392 e. The van der Waals surface area contributed by atoms with Gasteiger partial charge in [0.2, 0.25) is 0 Å². The highest BCUT2D eigenvalue weighted by molar-refractivity contribution is 9.10. The maximum atomic E-state index is 12.7. The minimum atomic E-state index is -4.36. The zero-order chi connectivity index (χ0) is 14.4. The molecule has 0 heterocycles. The van der Waals surface area contributed by atoms with Gasteiger partial charge in [0.05, 0.1) is 11.7 Å². The van der Waals surface area contributed by atoms with Crippen molar-refractivity contribution in [3.63, 3.8) is 0 Å². The molecular formula is C13H15BrF3NO. The van der Waals surface area contributed by atoms with Crippen molar-refractivity contribution < 1.29 is 18.3 Å². The normalized spacial score (nSPS) is 25.8. The molecule has 1 aromatic rings. The summed E-state index contributed by atoms with van der Waals surface area (Å²) in [6.07, 6.45) is -4.24. The number of benzene rings is 1. The van der Waals surface area contributed by atoms with Crippen molar-refractivity contribution >= 4 is 21.6 Å². The second-order valence-corrected chi connectivity index (χ2v) is 6.32. The fourth-order valence-corrected chi connectivity index (χ4v) is 2.51. The molecule has 106 valence electrons. The van der Waals surface area contributed by atoms with Crippen LogP contribution in [0.3, 0.4) is 0 Å². The first-order valence-corrected chi connectivity index (χ1v) is 6.73. The standard InChI is InChI=1S/C13H15BrF3NO/c1-12(2)10(6-11(12)19)18-9-5-7(13(15,16)17)3-4-8(9)14/h3-5,10-11,18-19H,6H2,1-2H3. The third kappa shape index (κ3) is 2.74. The van der Waals surface area contributed by atoms with Crippen molar-refractivity contribution in [3.05, 3.63) is 28.2 Å². The lowest BCUT2D eigenvalue weighted by Crippen LogP contribution is -2.56. The summed E-state index contributed by atoms with van der Waals surface area (Å²) in [5.41, 5.74) is -0.621. The molecule has 2 nitrogen and oxygen atoms in total. The Morgan fingerprint density at radius 2 is 2.00 bits per heavy atom. The van der Waals surface area contributed by atoms with Crippen molar-refractivity contribution in [3.8, 4) is 0 Å². The monoisotopic (exact) mass is 337 g/mol. The van der Waals surface area contributed by atoms with Crippen molar-refractivity contribution in [2.75, 3.05) is 5.32 Å². The predicted octanol–water partition coefficient (Wildman–Crippen LogP) is 4.04. The van der Waals surface area contributed by atoms with Crippen LogP contribution in [0.4, 0.5) is 18.9 Å². The number of hydrogen-bond acceptors (Lipinski definition) is 2. The molecule has 0 aromatic heterocycles. The van der Waals surface area contributed by atoms with Crippen LogP contribution in [0.25, 0.3) is 0 Å². The van der Waals surface area contributed by atoms with Gasteiger partial charge in [0.15, 0.2) is 0 Å². The Labute approximate surface area is 118 Å². The predicted molar refractivity (Wildman–Crippen MR) is 71.0 cm³/mol. The van der Waals surface area contributed by atoms with E-state index in [1.165, 1.54) is 6.07 Å². The third-order valence-corrected chi connectivity index (χ3v) is 4.53. The van der Waals surface area contributed by atoms with Gasteiger partial charge in [-0.1, -0.05) is 13.8 Å². The first-order valence-electron chi connectivity index (χ1n) is 5.93. The van der Waals surface area contributed by atoms with E-state index in [9.17, 15) is 18.3 Å². The van der Waals surface area contributed by atoms with Crippen LogP contribution in [0.1, 0.15) is 25.8 Å². The van der Waals surface area contributed by atoms with Gasteiger partial charge in [-0.2, -0.15) is 13.2 Å². The molecule has 19 heavy (non-hydrogen) atoms. The zero-order valence-corrected chi connectivity index (χ0v) is 12.1. The van der Waals surface area contributed by atoms with Gasteiger partial charge in [-0.05, 0) is 40.5 Å². The number of hydrogen-bond donors (Lipinski definition) is 2. The molecule has 0 spiro atoms. The average Bonchev–Trinajstić information content (AvgIpc) is 2.29. The third-order valence-electron chi connectivity index (χ3n) is 3.84. The first kappa shape index (κ1) is 14.7. The fraction of sp³-hybridized carbons (Fsp3) is 0.538. The molecule has 0 saturated heterocycles. The van der Waals surface area contributed by atoms with Crippen LogP contribution in [-0.4, -0.2) is 17.3 Å². The van der Waals surface area contributed by atoms with Crippen LogP contribution in [0, 0.1) is 5.41 Å². The Kier molecular flexibility index (Phi) is 3.60. The summed E-state index contributed by atoms with van der Waals surface area (Å²) in [5.74, 6) is 0. The van der Waals surface area contributed by atoms with Gasteiger partial charge in [-0.25, -0.2) is 0 Å². The summed E-state index contributed by atoms with van der Waals surface area (Å²) in [7, 11) is 0. The van der Waals surface area contributed by atoms with Crippen LogP contribution in [-0.2, 0) is 6.18 Å². The number of halogens is 4. The summed E-state index contributed by atoms with van der Waals surface area (Å²) in [5, 5.41) is 12.7. The Morgan fingerprint density at radius 1 is 1.37 bits per heavy atom. The highest BCUT2D eigenvalue weighted by Crippen LogP contribution is 2.43. The van der Waals surface area contributed by atoms with E-state index in [1.807, 2.05) is 13.8 Å². The first-order chi connectivity index (χ1) is 8.62. The Morgan fingerprint density at radius 3 is 2.47 bits per heavy atom. The van der Waals surface area contributed by atoms with Gasteiger partial charge in [-0.3, -0.25) is 0 Å². The molecule has 0 aliphatic heterocycles. The Balaban J connectivity index is 2.21. The number of aliphatic hydroxyl groups is 1. The zero-order valence-electron chi connectivity index (χ0n) is 10.6. The number of alkyl halides is 3. The molecule has 1 aromatic carbocycles. The molecule has 2 unspecified atom stereocenters. The summed E-state index contributed by atoms with van der Waals surface area (Å²) < 4.78 is 38.6. The molecule has 6 heteroatoms. The molecule has 2 rings (SSSR count). The highest BCUT2D eigenvalue weighted by atomic mass is 79.9. The molecule has 0 radical (unpaired) electrons. The maximum Gasteiger partial charge on any atom is 0.416 e. The van der Waals surface area contributed by atoms with Crippen molar-refractivity contribution in [2.45, 2.75) is 38.6 Å². The molecule has 1 fully saturated rings. The van der Waals surface area contributed by atoms with E-state index in [0.717, 1.165) is 12.1 Å². The topological polar surface area (TPSA) is 32.3 Å². The number of nitrogens with one attached hydrogen (secondary N) is 1. The minimum absolute atomic E-state index is 0.0396. The quantitative estimate of drug-likeness (QED) is 0.853. The molecule has 1 aliphatic rings. The second-order valence-electron chi connectivity index (χ2n) is 5.46. The van der Waals surface area contributed by atoms with Crippen LogP contribution >= 0.6 is 15.9 Å². The van der Waals surface area contributed by atoms with Crippen molar-refractivity contribution in [1.82, 2.24) is 0 Å². The summed E-state index contributed by atoms with van der Waals surface area (Å²) >= 11 is 3.24. The minimum Gasteiger partial charge on any atom is -0.392 e. The number of aliphatic hydroxyl groups excluding tert-OH is 1. The summed E-state index contributed by atoms with van der Waals surface area (Å²) in [6.45, 7) is 3.78. The van der Waals surface area contributed by atoms with E-state index in [-0.39, 0.29) is 11.5 Å². The highest BCUT2D eigenvalue weighted by Gasteiger charge is 2.47. The van der Waals surface area contributed by atoms with Crippen LogP contribution in [0.5, 0.6) is 0 Å². The molecular weight excluding hydrogens is 323 g/mol. The van der Waals surface area contributed by atoms with E-state index in [4.69, 9.17) is 0 Å². The van der Waals surface area contributed by atoms with E-state index in [1.54, 1.807) is 0 Å². The molecule has 2 N–H and O–H groups in total. The van der Waals surface area contributed by atoms with Crippen LogP contribution in [0.15, 0.2) is 22.7 Å². The lowest BCUT2D eigenvalue weighted by molar-refractivity contribution is -0.137. The van der Waals surface area contributed by atoms with Crippen LogP contribution < -0.4 is 5.32 Å². The second kappa shape index (κ2) is 4.66. The van der Waals surface area contributed by atoms with Gasteiger partial charge >= 0.3 is 6.18 Å². The molecule has 0 amide bonds. The van der Waals surface area contributed by atoms with Crippen molar-refractivity contribution in [2.24, 2.45) is 5.41 Å². The van der Waals surface area contributed by atoms with Gasteiger partial charge in [0, 0.05) is 21.6 Å². The molecule has 1 saturated carbocycles. The molecule has 0 bridgehead atoms. The number of anilines is 1. The van der Waals surface area contributed by atoms with E-state index >= 15 is 0 Å².